The predicted molar refractivity (Wildman–Crippen MR) is 381 cm³/mol. The van der Waals surface area contributed by atoms with Crippen molar-refractivity contribution in [2.75, 3.05) is 69.2 Å². The molecule has 0 unspecified atom stereocenters. The summed E-state index contributed by atoms with van der Waals surface area (Å²) in [7, 11) is 0. The van der Waals surface area contributed by atoms with E-state index in [1.807, 2.05) is 12.1 Å². The highest BCUT2D eigenvalue weighted by atomic mass is 35.5. The molecule has 4 aromatic carbocycles. The van der Waals surface area contributed by atoms with E-state index in [4.69, 9.17) is 56.1 Å². The van der Waals surface area contributed by atoms with E-state index >= 15 is 0 Å². The molecule has 0 amide bonds. The highest BCUT2D eigenvalue weighted by Crippen LogP contribution is 2.29. The number of H-pyrrole nitrogens is 4. The van der Waals surface area contributed by atoms with Crippen molar-refractivity contribution in [3.05, 3.63) is 227 Å². The second-order valence-electron chi connectivity index (χ2n) is 23.8. The van der Waals surface area contributed by atoms with Crippen molar-refractivity contribution in [1.29, 1.82) is 0 Å². The normalized spacial score (nSPS) is 15.4. The average molecular weight is 1420 g/mol. The second kappa shape index (κ2) is 31.2. The summed E-state index contributed by atoms with van der Waals surface area (Å²) in [4.78, 5) is 77.0. The summed E-state index contributed by atoms with van der Waals surface area (Å²) in [6.07, 6.45) is 16.7. The molecule has 12 N–H and O–H groups in total. The first-order valence-corrected chi connectivity index (χ1v) is 32.4. The van der Waals surface area contributed by atoms with Crippen LogP contribution < -0.4 is 78.9 Å². The zero-order chi connectivity index (χ0) is 70.1. The van der Waals surface area contributed by atoms with Crippen molar-refractivity contribution >= 4 is 79.8 Å². The molecule has 0 atom stereocenters. The van der Waals surface area contributed by atoms with Gasteiger partial charge in [0.1, 0.15) is 83.2 Å². The van der Waals surface area contributed by atoms with E-state index in [0.29, 0.717) is 128 Å². The maximum Gasteiger partial charge on any atom is 0.326 e. The lowest BCUT2D eigenvalue weighted by Gasteiger charge is -2.10. The smallest absolute Gasteiger partial charge is 0.326 e. The fourth-order valence-corrected chi connectivity index (χ4v) is 11.8. The summed E-state index contributed by atoms with van der Waals surface area (Å²) in [6.45, 7) is 3.57. The number of rotatable bonds is 0. The predicted octanol–water partition coefficient (Wildman–Crippen LogP) is 9.13. The van der Waals surface area contributed by atoms with Crippen LogP contribution in [-0.2, 0) is 32.6 Å². The van der Waals surface area contributed by atoms with Crippen LogP contribution in [0.3, 0.4) is 0 Å². The summed E-state index contributed by atoms with van der Waals surface area (Å²) in [6, 6.07) is 28.3. The van der Waals surface area contributed by atoms with Gasteiger partial charge in [0.25, 0.3) is 0 Å². The standard InChI is InChI=1S/C19H20N4O2.C18H19FN4O3.2C17H15FN4O3.ClH/c20-18-17-15-11-16(21-18)25-9-4-2-1-3-6-13-7-5-8-14(10-13)12-23(15)19(24)22-17;19-12-6-11-7-13(8-12)25-4-2-1-3-5-26-15-9-14-16(17(20)21-15)22-18(24)23(14)10-11;2*18-11-5-10-6-12(7-11)24-3-1-2-4-25-14-8-13-15(16(19)20-14)21-17(23)22(13)9-10;/h1-2,5,7-8,10-11H,3-4,6,9,12H2,(H2,20,21)(H,22,24);6-9H,1-5,10H2,(H2,20,21)(H,22,24);2*1-2,5-8H,3-4,9H2,(H2,19,20)(H,21,23);1H/b2-1-;;2*2-1+;. The second-order valence-corrected chi connectivity index (χ2v) is 23.8. The number of aryl methyl sites for hydroxylation is 1. The van der Waals surface area contributed by atoms with E-state index in [2.05, 4.69) is 64.2 Å². The molecule has 0 fully saturated rings. The van der Waals surface area contributed by atoms with Crippen molar-refractivity contribution in [3.8, 4) is 40.8 Å². The molecular weight excluding hydrogens is 1350 g/mol. The fraction of sp³-hybridized carbons (Fsp3) is 0.239. The molecule has 27 nitrogen and oxygen atoms in total. The number of nitrogen functional groups attached to an aromatic ring is 4. The number of nitrogens with zero attached hydrogens (tertiary/aromatic N) is 8. The van der Waals surface area contributed by atoms with E-state index in [1.54, 1.807) is 71.3 Å². The number of nitrogens with two attached hydrogens (primary N) is 4. The van der Waals surface area contributed by atoms with Gasteiger partial charge in [0, 0.05) is 42.5 Å². The third kappa shape index (κ3) is 16.5. The number of aromatic amines is 4. The average Bonchev–Trinajstić information content (AvgIpc) is 1.65. The number of nitrogens with one attached hydrogen (secondary N) is 4. The summed E-state index contributed by atoms with van der Waals surface area (Å²) < 4.78 is 86.9. The largest absolute Gasteiger partial charge is 0.493 e. The van der Waals surface area contributed by atoms with Crippen molar-refractivity contribution in [2.24, 2.45) is 0 Å². The molecule has 16 bridgehead atoms. The molecule has 8 aromatic heterocycles. The number of hydrogen-bond donors (Lipinski definition) is 8. The van der Waals surface area contributed by atoms with Gasteiger partial charge in [-0.2, -0.15) is 19.9 Å². The molecule has 0 saturated carbocycles. The van der Waals surface area contributed by atoms with E-state index in [9.17, 15) is 32.3 Å². The minimum atomic E-state index is -0.429. The maximum atomic E-state index is 14.0. The van der Waals surface area contributed by atoms with Gasteiger partial charge in [-0.3, -0.25) is 18.3 Å². The minimum absolute atomic E-state index is 0. The van der Waals surface area contributed by atoms with Gasteiger partial charge < -0.3 is 76.0 Å². The van der Waals surface area contributed by atoms with Crippen molar-refractivity contribution in [3.63, 3.8) is 0 Å². The lowest BCUT2D eigenvalue weighted by molar-refractivity contribution is 0.274. The number of fused-ring (bicyclic) bond motifs is 12. The molecule has 4 aliphatic rings. The topological polar surface area (TPSA) is 371 Å². The van der Waals surface area contributed by atoms with Gasteiger partial charge >= 0.3 is 22.8 Å². The fourth-order valence-electron chi connectivity index (χ4n) is 11.8. The molecule has 102 heavy (non-hydrogen) atoms. The van der Waals surface area contributed by atoms with E-state index < -0.39 is 17.5 Å². The Balaban J connectivity index is 0.000000128. The van der Waals surface area contributed by atoms with Crippen molar-refractivity contribution < 1.29 is 46.3 Å². The van der Waals surface area contributed by atoms with Gasteiger partial charge in [-0.25, -0.2) is 32.3 Å². The zero-order valence-corrected chi connectivity index (χ0v) is 55.5. The Labute approximate surface area is 583 Å². The Morgan fingerprint density at radius 1 is 0.353 bits per heavy atom. The molecule has 0 spiro atoms. The van der Waals surface area contributed by atoms with Crippen molar-refractivity contribution in [2.45, 2.75) is 64.7 Å². The first-order chi connectivity index (χ1) is 49.0. The highest BCUT2D eigenvalue weighted by Gasteiger charge is 2.20. The quantitative estimate of drug-likeness (QED) is 0.0656. The molecule has 0 aliphatic carbocycles. The summed E-state index contributed by atoms with van der Waals surface area (Å²) in [5.41, 5.74) is 30.9. The van der Waals surface area contributed by atoms with Crippen LogP contribution in [0.25, 0.3) is 44.1 Å². The van der Waals surface area contributed by atoms with Gasteiger partial charge in [-0.1, -0.05) is 36.4 Å². The lowest BCUT2D eigenvalue weighted by Crippen LogP contribution is -2.17. The van der Waals surface area contributed by atoms with Crippen LogP contribution in [0.15, 0.2) is 159 Å². The zero-order valence-electron chi connectivity index (χ0n) is 54.7. The molecular formula is C71H70ClF3N16O11. The molecule has 16 rings (SSSR count). The third-order valence-electron chi connectivity index (χ3n) is 16.5. The number of anilines is 4. The van der Waals surface area contributed by atoms with E-state index in [1.165, 1.54) is 55.7 Å². The molecule has 0 radical (unpaired) electrons. The first-order valence-electron chi connectivity index (χ1n) is 32.4. The van der Waals surface area contributed by atoms with E-state index in [-0.39, 0.29) is 104 Å². The lowest BCUT2D eigenvalue weighted by atomic mass is 10.1. The SMILES string of the molecule is Cl.Nc1nc2cc3c1[nH]c(=O)n3Cc1cc(F)cc(c1)OC/C=C/CO2.Nc1nc2cc3c1[nH]c(=O)n3Cc1cc(F)cc(c1)OC/C=C/CO2.Nc1nc2cc3c1[nH]c(=O)n3Cc1cc(F)cc(c1)OCCCCCO2.Nc1nc2cc3c1[nH]c(=O)n3Cc1cccc(c1)CC/C=C\CCO2. The van der Waals surface area contributed by atoms with Gasteiger partial charge in [0.2, 0.25) is 23.5 Å². The number of pyridine rings is 4. The molecule has 12 heterocycles. The van der Waals surface area contributed by atoms with Gasteiger partial charge in [-0.05, 0) is 127 Å². The van der Waals surface area contributed by atoms with Crippen LogP contribution in [0.4, 0.5) is 36.4 Å². The Morgan fingerprint density at radius 2 is 0.696 bits per heavy atom. The minimum Gasteiger partial charge on any atom is -0.493 e. The van der Waals surface area contributed by atoms with Crippen LogP contribution in [0.5, 0.6) is 40.8 Å². The Kier molecular flexibility index (Phi) is 21.3. The Morgan fingerprint density at radius 3 is 1.12 bits per heavy atom. The molecule has 31 heteroatoms. The number of aromatic nitrogens is 12. The van der Waals surface area contributed by atoms with Crippen LogP contribution in [-0.4, -0.2) is 104 Å². The monoisotopic (exact) mass is 1410 g/mol. The highest BCUT2D eigenvalue weighted by molar-refractivity contribution is 5.88. The maximum absolute atomic E-state index is 14.0. The summed E-state index contributed by atoms with van der Waals surface area (Å²) in [5.74, 6) is 2.22. The van der Waals surface area contributed by atoms with Crippen LogP contribution in [0.1, 0.15) is 59.9 Å². The van der Waals surface area contributed by atoms with Crippen LogP contribution in [0, 0.1) is 17.5 Å². The number of halogens is 4. The molecule has 4 aliphatic heterocycles. The number of hydrogen-bond acceptors (Lipinski definition) is 19. The first kappa shape index (κ1) is 69.6. The van der Waals surface area contributed by atoms with Crippen molar-refractivity contribution in [1.82, 2.24) is 58.1 Å². The number of benzene rings is 4. The van der Waals surface area contributed by atoms with Crippen LogP contribution >= 0.6 is 12.4 Å². The van der Waals surface area contributed by atoms with Gasteiger partial charge in [0.05, 0.1) is 68.1 Å². The number of ether oxygens (including phenoxy) is 7. The Hall–Kier alpha value is -12.3. The number of imidazole rings is 4. The molecule has 528 valence electrons. The van der Waals surface area contributed by atoms with E-state index in [0.717, 1.165) is 44.1 Å². The summed E-state index contributed by atoms with van der Waals surface area (Å²) in [5, 5.41) is 0. The number of allylic oxidation sites excluding steroid dienone is 1. The molecule has 12 aromatic rings. The Bertz CT molecular complexity index is 5250. The van der Waals surface area contributed by atoms with Gasteiger partial charge in [-0.15, -0.1) is 12.4 Å². The molecule has 0 saturated heterocycles. The van der Waals surface area contributed by atoms with Gasteiger partial charge in [0.15, 0.2) is 23.3 Å². The van der Waals surface area contributed by atoms with Crippen LogP contribution in [0.2, 0.25) is 0 Å². The summed E-state index contributed by atoms with van der Waals surface area (Å²) >= 11 is 0. The third-order valence-corrected chi connectivity index (χ3v) is 16.5.